The second-order valence-corrected chi connectivity index (χ2v) is 5.81. The molecular formula is C19H19NO4. The van der Waals surface area contributed by atoms with E-state index in [1.165, 1.54) is 7.11 Å². The number of methoxy groups -OCH3 is 1. The van der Waals surface area contributed by atoms with Crippen LogP contribution in [0.4, 0.5) is 5.69 Å². The third-order valence-corrected chi connectivity index (χ3v) is 4.08. The van der Waals surface area contributed by atoms with Gasteiger partial charge in [-0.15, -0.1) is 0 Å². The third-order valence-electron chi connectivity index (χ3n) is 4.08. The number of carbonyl (C=O) groups excluding carboxylic acids is 2. The van der Waals surface area contributed by atoms with Crippen LogP contribution in [0.3, 0.4) is 0 Å². The molecule has 1 amide bonds. The smallest absolute Gasteiger partial charge is 0.316 e. The normalized spacial score (nSPS) is 17.0. The van der Waals surface area contributed by atoms with Crippen molar-refractivity contribution in [1.29, 1.82) is 0 Å². The molecule has 0 spiro atoms. The van der Waals surface area contributed by atoms with E-state index in [-0.39, 0.29) is 12.3 Å². The first-order valence-electron chi connectivity index (χ1n) is 7.80. The molecular weight excluding hydrogens is 306 g/mol. The number of benzene rings is 2. The summed E-state index contributed by atoms with van der Waals surface area (Å²) in [5.74, 6) is -0.108. The second-order valence-electron chi connectivity index (χ2n) is 5.81. The number of anilines is 1. The first-order valence-corrected chi connectivity index (χ1v) is 7.80. The summed E-state index contributed by atoms with van der Waals surface area (Å²) in [5.41, 5.74) is 1.93. The van der Waals surface area contributed by atoms with Gasteiger partial charge in [0.05, 0.1) is 13.0 Å². The van der Waals surface area contributed by atoms with Gasteiger partial charge < -0.3 is 14.4 Å². The van der Waals surface area contributed by atoms with Crippen LogP contribution in [-0.2, 0) is 9.59 Å². The van der Waals surface area contributed by atoms with Gasteiger partial charge in [0.25, 0.3) is 0 Å². The number of rotatable bonds is 4. The van der Waals surface area contributed by atoms with Crippen LogP contribution in [0, 0.1) is 12.8 Å². The zero-order valence-electron chi connectivity index (χ0n) is 13.7. The fourth-order valence-corrected chi connectivity index (χ4v) is 2.73. The first-order chi connectivity index (χ1) is 11.6. The number of ether oxygens (including phenoxy) is 2. The SMILES string of the molecule is COc1ccccc1OC(=O)[C@H]1CC(=O)N(c2ccc(C)cc2)C1. The topological polar surface area (TPSA) is 55.8 Å². The van der Waals surface area contributed by atoms with Crippen LogP contribution >= 0.6 is 0 Å². The van der Waals surface area contributed by atoms with E-state index in [9.17, 15) is 9.59 Å². The molecule has 124 valence electrons. The summed E-state index contributed by atoms with van der Waals surface area (Å²) in [6, 6.07) is 14.6. The van der Waals surface area contributed by atoms with E-state index in [0.717, 1.165) is 11.3 Å². The van der Waals surface area contributed by atoms with Crippen molar-refractivity contribution in [3.05, 3.63) is 54.1 Å². The quantitative estimate of drug-likeness (QED) is 0.640. The highest BCUT2D eigenvalue weighted by Gasteiger charge is 2.36. The maximum absolute atomic E-state index is 12.4. The standard InChI is InChI=1S/C19H19NO4/c1-13-7-9-15(10-8-13)20-12-14(11-18(20)21)19(22)24-17-6-4-3-5-16(17)23-2/h3-10,14H,11-12H2,1-2H3/t14-/m0/s1. The Bertz CT molecular complexity index is 754. The van der Waals surface area contributed by atoms with Gasteiger partial charge in [0, 0.05) is 18.7 Å². The molecule has 1 heterocycles. The summed E-state index contributed by atoms with van der Waals surface area (Å²) < 4.78 is 10.6. The molecule has 1 saturated heterocycles. The minimum Gasteiger partial charge on any atom is -0.493 e. The molecule has 0 unspecified atom stereocenters. The van der Waals surface area contributed by atoms with Crippen molar-refractivity contribution in [3.63, 3.8) is 0 Å². The van der Waals surface area contributed by atoms with Gasteiger partial charge in [0.15, 0.2) is 11.5 Å². The molecule has 5 nitrogen and oxygen atoms in total. The lowest BCUT2D eigenvalue weighted by Crippen LogP contribution is -2.27. The monoisotopic (exact) mass is 325 g/mol. The van der Waals surface area contributed by atoms with Crippen LogP contribution in [0.5, 0.6) is 11.5 Å². The van der Waals surface area contributed by atoms with E-state index >= 15 is 0 Å². The molecule has 0 radical (unpaired) electrons. The summed E-state index contributed by atoms with van der Waals surface area (Å²) in [6.07, 6.45) is 0.155. The van der Waals surface area contributed by atoms with Gasteiger partial charge in [0.2, 0.25) is 5.91 Å². The van der Waals surface area contributed by atoms with Crippen LogP contribution < -0.4 is 14.4 Å². The molecule has 0 aliphatic carbocycles. The van der Waals surface area contributed by atoms with E-state index in [4.69, 9.17) is 9.47 Å². The van der Waals surface area contributed by atoms with Gasteiger partial charge >= 0.3 is 5.97 Å². The molecule has 2 aromatic carbocycles. The molecule has 0 aromatic heterocycles. The van der Waals surface area contributed by atoms with E-state index in [1.807, 2.05) is 31.2 Å². The predicted octanol–water partition coefficient (Wildman–Crippen LogP) is 2.96. The number of hydrogen-bond donors (Lipinski definition) is 0. The maximum Gasteiger partial charge on any atom is 0.316 e. The van der Waals surface area contributed by atoms with Gasteiger partial charge in [-0.05, 0) is 31.2 Å². The fourth-order valence-electron chi connectivity index (χ4n) is 2.73. The maximum atomic E-state index is 12.4. The summed E-state index contributed by atoms with van der Waals surface area (Å²) in [7, 11) is 1.52. The number of hydrogen-bond acceptors (Lipinski definition) is 4. The van der Waals surface area contributed by atoms with Crippen molar-refractivity contribution in [2.75, 3.05) is 18.6 Å². The summed E-state index contributed by atoms with van der Waals surface area (Å²) >= 11 is 0. The molecule has 2 aromatic rings. The number of para-hydroxylation sites is 2. The molecule has 5 heteroatoms. The van der Waals surface area contributed by atoms with Gasteiger partial charge in [-0.1, -0.05) is 29.8 Å². The molecule has 1 fully saturated rings. The second kappa shape index (κ2) is 6.74. The number of amides is 1. The Hall–Kier alpha value is -2.82. The Morgan fingerprint density at radius 1 is 1.08 bits per heavy atom. The molecule has 1 atom stereocenters. The summed E-state index contributed by atoms with van der Waals surface area (Å²) in [5, 5.41) is 0. The lowest BCUT2D eigenvalue weighted by atomic mass is 10.1. The lowest BCUT2D eigenvalue weighted by Gasteiger charge is -2.17. The number of esters is 1. The Morgan fingerprint density at radius 2 is 1.75 bits per heavy atom. The van der Waals surface area contributed by atoms with Crippen molar-refractivity contribution in [1.82, 2.24) is 0 Å². The average molecular weight is 325 g/mol. The Morgan fingerprint density at radius 3 is 2.42 bits per heavy atom. The predicted molar refractivity (Wildman–Crippen MR) is 90.3 cm³/mol. The van der Waals surface area contributed by atoms with E-state index < -0.39 is 11.9 Å². The molecule has 1 aliphatic heterocycles. The van der Waals surface area contributed by atoms with Crippen LogP contribution in [0.2, 0.25) is 0 Å². The zero-order valence-corrected chi connectivity index (χ0v) is 13.7. The Kier molecular flexibility index (Phi) is 4.51. The van der Waals surface area contributed by atoms with Crippen LogP contribution in [0.25, 0.3) is 0 Å². The fraction of sp³-hybridized carbons (Fsp3) is 0.263. The van der Waals surface area contributed by atoms with Gasteiger partial charge in [-0.3, -0.25) is 9.59 Å². The highest BCUT2D eigenvalue weighted by atomic mass is 16.6. The highest BCUT2D eigenvalue weighted by Crippen LogP contribution is 2.30. The van der Waals surface area contributed by atoms with E-state index in [1.54, 1.807) is 29.2 Å². The highest BCUT2D eigenvalue weighted by molar-refractivity contribution is 5.99. The summed E-state index contributed by atoms with van der Waals surface area (Å²) in [6.45, 7) is 2.32. The zero-order chi connectivity index (χ0) is 17.1. The number of aryl methyl sites for hydroxylation is 1. The Balaban J connectivity index is 1.71. The van der Waals surface area contributed by atoms with Crippen molar-refractivity contribution in [2.24, 2.45) is 5.92 Å². The van der Waals surface area contributed by atoms with E-state index in [2.05, 4.69) is 0 Å². The minimum atomic E-state index is -0.483. The molecule has 24 heavy (non-hydrogen) atoms. The first kappa shape index (κ1) is 16.1. The largest absolute Gasteiger partial charge is 0.493 e. The van der Waals surface area contributed by atoms with Crippen molar-refractivity contribution < 1.29 is 19.1 Å². The molecule has 3 rings (SSSR count). The van der Waals surface area contributed by atoms with Crippen molar-refractivity contribution in [2.45, 2.75) is 13.3 Å². The van der Waals surface area contributed by atoms with Gasteiger partial charge in [-0.25, -0.2) is 0 Å². The number of nitrogens with zero attached hydrogens (tertiary/aromatic N) is 1. The molecule has 0 bridgehead atoms. The van der Waals surface area contributed by atoms with Crippen LogP contribution in [-0.4, -0.2) is 25.5 Å². The molecule has 0 N–H and O–H groups in total. The van der Waals surface area contributed by atoms with Gasteiger partial charge in [0.1, 0.15) is 0 Å². The number of carbonyl (C=O) groups is 2. The minimum absolute atomic E-state index is 0.0687. The lowest BCUT2D eigenvalue weighted by molar-refractivity contribution is -0.139. The van der Waals surface area contributed by atoms with Crippen molar-refractivity contribution in [3.8, 4) is 11.5 Å². The van der Waals surface area contributed by atoms with E-state index in [0.29, 0.717) is 18.0 Å². The third kappa shape index (κ3) is 3.25. The summed E-state index contributed by atoms with van der Waals surface area (Å²) in [4.78, 5) is 26.3. The van der Waals surface area contributed by atoms with Gasteiger partial charge in [-0.2, -0.15) is 0 Å². The van der Waals surface area contributed by atoms with Crippen LogP contribution in [0.15, 0.2) is 48.5 Å². The Labute approximate surface area is 140 Å². The molecule has 1 aliphatic rings. The molecule has 0 saturated carbocycles. The average Bonchev–Trinajstić information content (AvgIpc) is 2.98. The van der Waals surface area contributed by atoms with Crippen molar-refractivity contribution >= 4 is 17.6 Å². The van der Waals surface area contributed by atoms with Crippen LogP contribution in [0.1, 0.15) is 12.0 Å².